The van der Waals surface area contributed by atoms with Gasteiger partial charge in [0, 0.05) is 30.2 Å². The summed E-state index contributed by atoms with van der Waals surface area (Å²) in [6.45, 7) is 1.49. The van der Waals surface area contributed by atoms with Crippen molar-refractivity contribution in [1.82, 2.24) is 0 Å². The Morgan fingerprint density at radius 3 is 2.89 bits per heavy atom. The Balaban J connectivity index is 2.77. The zero-order valence-electron chi connectivity index (χ0n) is 9.60. The van der Waals surface area contributed by atoms with Crippen molar-refractivity contribution in [1.29, 1.82) is 0 Å². The van der Waals surface area contributed by atoms with Crippen molar-refractivity contribution in [3.05, 3.63) is 38.9 Å². The summed E-state index contributed by atoms with van der Waals surface area (Å²) in [6.07, 6.45) is 0.494. The molecule has 0 atom stereocenters. The summed E-state index contributed by atoms with van der Waals surface area (Å²) < 4.78 is 0. The normalized spacial score (nSPS) is 9.44. The Labute approximate surface area is 114 Å². The van der Waals surface area contributed by atoms with E-state index in [0.29, 0.717) is 22.8 Å². The first-order valence-corrected chi connectivity index (χ1v) is 6.43. The molecule has 0 amide bonds. The predicted molar refractivity (Wildman–Crippen MR) is 72.7 cm³/mol. The third-order valence-corrected chi connectivity index (χ3v) is 2.96. The van der Waals surface area contributed by atoms with E-state index in [9.17, 15) is 14.9 Å². The molecule has 4 nitrogen and oxygen atoms in total. The molecule has 0 radical (unpaired) electrons. The van der Waals surface area contributed by atoms with E-state index in [1.54, 1.807) is 0 Å². The Bertz CT molecular complexity index is 534. The van der Waals surface area contributed by atoms with Crippen LogP contribution in [0.1, 0.15) is 18.9 Å². The standard InChI is InChI=1S/C12H10ClNO3S/c1-9(15)18-7-3-2-4-10-8-11(13)5-6-12(10)14(16)17/h5-6,8H,3,7H2,1H3. The fourth-order valence-corrected chi connectivity index (χ4v) is 1.83. The second-order valence-electron chi connectivity index (χ2n) is 3.31. The number of hydrogen-bond acceptors (Lipinski definition) is 4. The van der Waals surface area contributed by atoms with Crippen LogP contribution < -0.4 is 0 Å². The molecule has 0 spiro atoms. The van der Waals surface area contributed by atoms with Gasteiger partial charge < -0.3 is 0 Å². The fraction of sp³-hybridized carbons (Fsp3) is 0.250. The topological polar surface area (TPSA) is 60.2 Å². The minimum Gasteiger partial charge on any atom is -0.288 e. The largest absolute Gasteiger partial charge is 0.288 e. The number of benzene rings is 1. The van der Waals surface area contributed by atoms with Gasteiger partial charge in [0.1, 0.15) is 5.56 Å². The number of thioether (sulfide) groups is 1. The number of halogens is 1. The highest BCUT2D eigenvalue weighted by Gasteiger charge is 2.11. The van der Waals surface area contributed by atoms with E-state index in [-0.39, 0.29) is 10.8 Å². The summed E-state index contributed by atoms with van der Waals surface area (Å²) in [4.78, 5) is 20.9. The van der Waals surface area contributed by atoms with Crippen LogP contribution in [0.25, 0.3) is 0 Å². The monoisotopic (exact) mass is 283 g/mol. The first kappa shape index (κ1) is 14.6. The molecule has 0 saturated carbocycles. The van der Waals surface area contributed by atoms with E-state index in [0.717, 1.165) is 0 Å². The molecule has 0 saturated heterocycles. The number of nitrogens with zero attached hydrogens (tertiary/aromatic N) is 1. The minimum absolute atomic E-state index is 0.0329. The molecule has 0 unspecified atom stereocenters. The van der Waals surface area contributed by atoms with E-state index >= 15 is 0 Å². The zero-order valence-corrected chi connectivity index (χ0v) is 11.2. The van der Waals surface area contributed by atoms with E-state index in [4.69, 9.17) is 11.6 Å². The highest BCUT2D eigenvalue weighted by molar-refractivity contribution is 8.13. The maximum atomic E-state index is 10.8. The average Bonchev–Trinajstić information content (AvgIpc) is 2.27. The van der Waals surface area contributed by atoms with Crippen LogP contribution in [0.2, 0.25) is 5.02 Å². The van der Waals surface area contributed by atoms with Crippen molar-refractivity contribution in [3.63, 3.8) is 0 Å². The summed E-state index contributed by atoms with van der Waals surface area (Å²) in [5.41, 5.74) is 0.228. The molecule has 6 heteroatoms. The van der Waals surface area contributed by atoms with Crippen LogP contribution in [-0.2, 0) is 4.79 Å². The lowest BCUT2D eigenvalue weighted by atomic mass is 10.2. The van der Waals surface area contributed by atoms with Gasteiger partial charge in [0.05, 0.1) is 4.92 Å². The van der Waals surface area contributed by atoms with Gasteiger partial charge >= 0.3 is 0 Å². The third kappa shape index (κ3) is 4.78. The smallest absolute Gasteiger partial charge is 0.285 e. The summed E-state index contributed by atoms with van der Waals surface area (Å²) in [5, 5.41) is 11.2. The maximum absolute atomic E-state index is 10.8. The fourth-order valence-electron chi connectivity index (χ4n) is 1.17. The Morgan fingerprint density at radius 1 is 1.56 bits per heavy atom. The van der Waals surface area contributed by atoms with Crippen molar-refractivity contribution in [2.75, 3.05) is 5.75 Å². The maximum Gasteiger partial charge on any atom is 0.285 e. The van der Waals surface area contributed by atoms with Crippen LogP contribution in [0, 0.1) is 22.0 Å². The SMILES string of the molecule is CC(=O)SCCC#Cc1cc(Cl)ccc1[N+](=O)[O-]. The van der Waals surface area contributed by atoms with Crippen molar-refractivity contribution in [2.45, 2.75) is 13.3 Å². The second-order valence-corrected chi connectivity index (χ2v) is 5.02. The molecular formula is C12H10ClNO3S. The molecule has 94 valence electrons. The van der Waals surface area contributed by atoms with E-state index < -0.39 is 4.92 Å². The zero-order chi connectivity index (χ0) is 13.5. The molecule has 0 fully saturated rings. The van der Waals surface area contributed by atoms with Gasteiger partial charge in [0.2, 0.25) is 0 Å². The Kier molecular flexibility index (Phi) is 5.69. The third-order valence-electron chi connectivity index (χ3n) is 1.91. The molecule has 1 aromatic rings. The average molecular weight is 284 g/mol. The van der Waals surface area contributed by atoms with Gasteiger partial charge in [-0.2, -0.15) is 0 Å². The lowest BCUT2D eigenvalue weighted by Crippen LogP contribution is -1.92. The van der Waals surface area contributed by atoms with Crippen LogP contribution in [0.3, 0.4) is 0 Å². The molecule has 18 heavy (non-hydrogen) atoms. The van der Waals surface area contributed by atoms with Crippen molar-refractivity contribution >= 4 is 34.2 Å². The van der Waals surface area contributed by atoms with Gasteiger partial charge in [0.25, 0.3) is 5.69 Å². The number of nitro benzene ring substituents is 1. The van der Waals surface area contributed by atoms with Crippen molar-refractivity contribution in [3.8, 4) is 11.8 Å². The molecule has 0 bridgehead atoms. The summed E-state index contributed by atoms with van der Waals surface area (Å²) in [7, 11) is 0. The van der Waals surface area contributed by atoms with Crippen molar-refractivity contribution < 1.29 is 9.72 Å². The molecule has 1 rings (SSSR count). The summed E-state index contributed by atoms with van der Waals surface area (Å²) in [5.74, 6) is 6.08. The van der Waals surface area contributed by atoms with Gasteiger partial charge in [-0.1, -0.05) is 35.2 Å². The lowest BCUT2D eigenvalue weighted by molar-refractivity contribution is -0.385. The van der Waals surface area contributed by atoms with Gasteiger partial charge in [-0.25, -0.2) is 0 Å². The molecule has 0 aromatic heterocycles. The van der Waals surface area contributed by atoms with E-state index in [1.165, 1.54) is 36.9 Å². The summed E-state index contributed by atoms with van der Waals surface area (Å²) >= 11 is 6.94. The lowest BCUT2D eigenvalue weighted by Gasteiger charge is -1.96. The van der Waals surface area contributed by atoms with E-state index in [2.05, 4.69) is 11.8 Å². The number of carbonyl (C=O) groups excluding carboxylic acids is 1. The van der Waals surface area contributed by atoms with Gasteiger partial charge in [0.15, 0.2) is 5.12 Å². The molecule has 1 aromatic carbocycles. The Morgan fingerprint density at radius 2 is 2.28 bits per heavy atom. The highest BCUT2D eigenvalue weighted by Crippen LogP contribution is 2.21. The molecule has 0 N–H and O–H groups in total. The number of rotatable bonds is 3. The highest BCUT2D eigenvalue weighted by atomic mass is 35.5. The van der Waals surface area contributed by atoms with Gasteiger partial charge in [-0.3, -0.25) is 14.9 Å². The predicted octanol–water partition coefficient (Wildman–Crippen LogP) is 3.27. The van der Waals surface area contributed by atoms with Gasteiger partial charge in [-0.05, 0) is 12.1 Å². The minimum atomic E-state index is -0.495. The van der Waals surface area contributed by atoms with E-state index in [1.807, 2.05) is 0 Å². The number of hydrogen-bond donors (Lipinski definition) is 0. The van der Waals surface area contributed by atoms with Crippen LogP contribution in [0.4, 0.5) is 5.69 Å². The molecule has 0 aliphatic heterocycles. The molecule has 0 aliphatic carbocycles. The molecule has 0 heterocycles. The second kappa shape index (κ2) is 7.04. The first-order chi connectivity index (χ1) is 8.50. The van der Waals surface area contributed by atoms with Crippen LogP contribution in [-0.4, -0.2) is 15.8 Å². The quantitative estimate of drug-likeness (QED) is 0.370. The Hall–Kier alpha value is -1.51. The summed E-state index contributed by atoms with van der Waals surface area (Å²) in [6, 6.07) is 4.25. The van der Waals surface area contributed by atoms with Crippen LogP contribution >= 0.6 is 23.4 Å². The molecule has 0 aliphatic rings. The van der Waals surface area contributed by atoms with Crippen molar-refractivity contribution in [2.24, 2.45) is 0 Å². The van der Waals surface area contributed by atoms with Crippen LogP contribution in [0.5, 0.6) is 0 Å². The van der Waals surface area contributed by atoms with Gasteiger partial charge in [-0.15, -0.1) is 0 Å². The number of nitro groups is 1. The number of carbonyl (C=O) groups is 1. The first-order valence-electron chi connectivity index (χ1n) is 5.07. The van der Waals surface area contributed by atoms with Crippen LogP contribution in [0.15, 0.2) is 18.2 Å². The molecular weight excluding hydrogens is 274 g/mol.